The van der Waals surface area contributed by atoms with E-state index in [-0.39, 0.29) is 11.6 Å². The number of guanidine groups is 1. The molecule has 0 saturated carbocycles. The molecule has 0 spiro atoms. The quantitative estimate of drug-likeness (QED) is 0.142. The number of aryl methyl sites for hydroxylation is 1. The Hall–Kier alpha value is -3.73. The van der Waals surface area contributed by atoms with Crippen molar-refractivity contribution in [3.63, 3.8) is 0 Å². The Morgan fingerprint density at radius 2 is 2.10 bits per heavy atom. The van der Waals surface area contributed by atoms with Gasteiger partial charge in [0.2, 0.25) is 0 Å². The van der Waals surface area contributed by atoms with Gasteiger partial charge in [-0.3, -0.25) is 4.57 Å². The summed E-state index contributed by atoms with van der Waals surface area (Å²) < 4.78 is 1.52. The molecule has 11 heteroatoms. The average Bonchev–Trinajstić information content (AvgIpc) is 3.02. The van der Waals surface area contributed by atoms with Gasteiger partial charge in [-0.15, -0.1) is 0 Å². The number of hydrogen-bond donors (Lipinski definition) is 4. The first-order valence-electron chi connectivity index (χ1n) is 9.04. The summed E-state index contributed by atoms with van der Waals surface area (Å²) in [5.74, 6) is -0.205. The van der Waals surface area contributed by atoms with E-state index < -0.39 is 5.03 Å². The van der Waals surface area contributed by atoms with E-state index in [0.29, 0.717) is 25.3 Å². The van der Waals surface area contributed by atoms with Crippen molar-refractivity contribution in [3.8, 4) is 5.69 Å². The molecule has 0 aliphatic heterocycles. The molecule has 0 radical (unpaired) electrons. The maximum Gasteiger partial charge on any atom is 0.354 e. The fourth-order valence-electron chi connectivity index (χ4n) is 2.88. The number of nitro groups is 1. The second kappa shape index (κ2) is 8.97. The molecule has 2 aromatic heterocycles. The van der Waals surface area contributed by atoms with Crippen LogP contribution in [-0.2, 0) is 6.54 Å². The molecule has 2 heterocycles. The topological polar surface area (TPSA) is 156 Å². The van der Waals surface area contributed by atoms with Crippen LogP contribution >= 0.6 is 0 Å². The summed E-state index contributed by atoms with van der Waals surface area (Å²) in [6, 6.07) is 9.59. The Labute approximate surface area is 165 Å². The number of aromatic amines is 1. The SMILES string of the molecule is Cc1cc2cn(-c3ccc(CNCCCN/C(N)=N\[N+](=O)[O-])cc3)c(=O)nc2[nH]1. The summed E-state index contributed by atoms with van der Waals surface area (Å²) >= 11 is 0. The summed E-state index contributed by atoms with van der Waals surface area (Å²) in [5, 5.41) is 19.1. The van der Waals surface area contributed by atoms with Crippen LogP contribution in [0.1, 0.15) is 17.7 Å². The Balaban J connectivity index is 1.51. The van der Waals surface area contributed by atoms with Gasteiger partial charge in [0.15, 0.2) is 5.03 Å². The zero-order valence-electron chi connectivity index (χ0n) is 15.9. The first-order chi connectivity index (χ1) is 13.9. The summed E-state index contributed by atoms with van der Waals surface area (Å²) in [7, 11) is 0. The normalized spacial score (nSPS) is 11.7. The van der Waals surface area contributed by atoms with E-state index in [1.807, 2.05) is 37.3 Å². The van der Waals surface area contributed by atoms with Crippen LogP contribution in [-0.4, -0.2) is 38.6 Å². The number of rotatable bonds is 8. The van der Waals surface area contributed by atoms with Crippen molar-refractivity contribution < 1.29 is 5.03 Å². The molecule has 0 atom stereocenters. The van der Waals surface area contributed by atoms with Crippen molar-refractivity contribution in [1.82, 2.24) is 25.2 Å². The van der Waals surface area contributed by atoms with Crippen molar-refractivity contribution in [2.75, 3.05) is 13.1 Å². The summed E-state index contributed by atoms with van der Waals surface area (Å²) in [6.07, 6.45) is 2.51. The summed E-state index contributed by atoms with van der Waals surface area (Å²) in [5.41, 5.74) is 8.35. The van der Waals surface area contributed by atoms with Crippen LogP contribution in [0.2, 0.25) is 0 Å². The van der Waals surface area contributed by atoms with E-state index in [1.54, 1.807) is 6.20 Å². The Morgan fingerprint density at radius 3 is 2.83 bits per heavy atom. The van der Waals surface area contributed by atoms with Gasteiger partial charge in [0.1, 0.15) is 10.7 Å². The number of hydrogen-bond acceptors (Lipinski definition) is 5. The molecule has 5 N–H and O–H groups in total. The lowest BCUT2D eigenvalue weighted by Gasteiger charge is -2.08. The highest BCUT2D eigenvalue weighted by atomic mass is 16.7. The predicted molar refractivity (Wildman–Crippen MR) is 109 cm³/mol. The molecule has 0 aliphatic rings. The zero-order chi connectivity index (χ0) is 20.8. The number of aromatic nitrogens is 3. The van der Waals surface area contributed by atoms with Gasteiger partial charge in [0, 0.05) is 30.4 Å². The lowest BCUT2D eigenvalue weighted by molar-refractivity contribution is -0.485. The minimum absolute atomic E-state index is 0.205. The van der Waals surface area contributed by atoms with Gasteiger partial charge >= 0.3 is 5.69 Å². The number of H-pyrrole nitrogens is 1. The lowest BCUT2D eigenvalue weighted by atomic mass is 10.2. The van der Waals surface area contributed by atoms with Gasteiger partial charge in [-0.05, 0) is 43.7 Å². The molecule has 3 aromatic rings. The maximum absolute atomic E-state index is 12.3. The van der Waals surface area contributed by atoms with Crippen LogP contribution in [0.15, 0.2) is 46.4 Å². The minimum Gasteiger partial charge on any atom is -0.365 e. The number of nitrogens with zero attached hydrogens (tertiary/aromatic N) is 4. The van der Waals surface area contributed by atoms with Gasteiger partial charge in [0.05, 0.1) is 5.69 Å². The lowest BCUT2D eigenvalue weighted by Crippen LogP contribution is -2.34. The summed E-state index contributed by atoms with van der Waals surface area (Å²) in [4.78, 5) is 29.6. The molecule has 152 valence electrons. The highest BCUT2D eigenvalue weighted by Gasteiger charge is 2.06. The van der Waals surface area contributed by atoms with E-state index in [0.717, 1.165) is 28.8 Å². The molecule has 0 bridgehead atoms. The first-order valence-corrected chi connectivity index (χ1v) is 9.04. The molecule has 1 aromatic carbocycles. The molecule has 0 aliphatic carbocycles. The van der Waals surface area contributed by atoms with Crippen molar-refractivity contribution in [3.05, 3.63) is 68.4 Å². The smallest absolute Gasteiger partial charge is 0.354 e. The minimum atomic E-state index is -0.841. The Morgan fingerprint density at radius 1 is 1.34 bits per heavy atom. The number of nitrogens with two attached hydrogens (primary N) is 1. The largest absolute Gasteiger partial charge is 0.365 e. The van der Waals surface area contributed by atoms with Crippen LogP contribution in [0.4, 0.5) is 0 Å². The van der Waals surface area contributed by atoms with E-state index in [1.165, 1.54) is 4.57 Å². The molecule has 0 saturated heterocycles. The van der Waals surface area contributed by atoms with Crippen molar-refractivity contribution in [2.45, 2.75) is 19.9 Å². The maximum atomic E-state index is 12.3. The van der Waals surface area contributed by atoms with Gasteiger partial charge in [-0.1, -0.05) is 12.1 Å². The second-order valence-electron chi connectivity index (χ2n) is 6.50. The monoisotopic (exact) mass is 398 g/mol. The van der Waals surface area contributed by atoms with E-state index >= 15 is 0 Å². The number of fused-ring (bicyclic) bond motifs is 1. The molecule has 3 rings (SSSR count). The van der Waals surface area contributed by atoms with E-state index in [4.69, 9.17) is 5.73 Å². The third-order valence-corrected chi connectivity index (χ3v) is 4.21. The van der Waals surface area contributed by atoms with Crippen LogP contribution < -0.4 is 22.1 Å². The molecular formula is C18H22N8O3. The molecule has 0 unspecified atom stereocenters. The van der Waals surface area contributed by atoms with Gasteiger partial charge in [-0.2, -0.15) is 4.98 Å². The fourth-order valence-corrected chi connectivity index (χ4v) is 2.88. The van der Waals surface area contributed by atoms with Crippen LogP contribution in [0.25, 0.3) is 16.7 Å². The van der Waals surface area contributed by atoms with Gasteiger partial charge in [0.25, 0.3) is 5.96 Å². The van der Waals surface area contributed by atoms with Crippen LogP contribution in [0.5, 0.6) is 0 Å². The predicted octanol–water partition coefficient (Wildman–Crippen LogP) is 0.598. The highest BCUT2D eigenvalue weighted by molar-refractivity contribution is 5.77. The van der Waals surface area contributed by atoms with Crippen molar-refractivity contribution in [2.24, 2.45) is 10.8 Å². The van der Waals surface area contributed by atoms with Gasteiger partial charge < -0.3 is 21.4 Å². The van der Waals surface area contributed by atoms with Gasteiger partial charge in [-0.25, -0.2) is 14.9 Å². The Bertz CT molecular complexity index is 1080. The number of hydrazone groups is 1. The molecule has 0 fully saturated rings. The zero-order valence-corrected chi connectivity index (χ0v) is 15.9. The number of benzene rings is 1. The van der Waals surface area contributed by atoms with Crippen molar-refractivity contribution in [1.29, 1.82) is 0 Å². The van der Waals surface area contributed by atoms with E-state index in [2.05, 4.69) is 25.7 Å². The van der Waals surface area contributed by atoms with Crippen LogP contribution in [0.3, 0.4) is 0 Å². The summed E-state index contributed by atoms with van der Waals surface area (Å²) in [6.45, 7) is 3.75. The van der Waals surface area contributed by atoms with Crippen LogP contribution in [0, 0.1) is 17.0 Å². The number of nitrogens with one attached hydrogen (secondary N) is 3. The third kappa shape index (κ3) is 5.39. The molecule has 11 nitrogen and oxygen atoms in total. The molecular weight excluding hydrogens is 376 g/mol. The molecule has 29 heavy (non-hydrogen) atoms. The fraction of sp³-hybridized carbons (Fsp3) is 0.278. The first kappa shape index (κ1) is 20.0. The third-order valence-electron chi connectivity index (χ3n) is 4.21. The molecule has 0 amide bonds. The standard InChI is InChI=1S/C18H22N8O3/c1-12-9-14-11-25(18(27)23-16(14)22-12)15-5-3-13(4-6-15)10-20-7-2-8-21-17(19)24-26(28)29/h3-6,9,11,20H,2,7-8,10H2,1H3,(H3,19,21,24)(H,22,23,27). The highest BCUT2D eigenvalue weighted by Crippen LogP contribution is 2.13. The van der Waals surface area contributed by atoms with E-state index in [9.17, 15) is 14.9 Å². The Kier molecular flexibility index (Phi) is 6.19. The average molecular weight is 398 g/mol. The van der Waals surface area contributed by atoms with Crippen molar-refractivity contribution >= 4 is 17.0 Å². The second-order valence-corrected chi connectivity index (χ2v) is 6.50.